The fourth-order valence-corrected chi connectivity index (χ4v) is 4.53. The third-order valence-corrected chi connectivity index (χ3v) is 5.97. The molecule has 4 rings (SSSR count). The molecule has 0 aromatic carbocycles. The normalized spacial score (nSPS) is 14.8. The number of nitrogens with zero attached hydrogens (tertiary/aromatic N) is 6. The molecule has 30 heavy (non-hydrogen) atoms. The minimum absolute atomic E-state index is 0.0635. The van der Waals surface area contributed by atoms with Crippen molar-refractivity contribution in [2.75, 3.05) is 0 Å². The highest BCUT2D eigenvalue weighted by Crippen LogP contribution is 2.39. The van der Waals surface area contributed by atoms with Crippen LogP contribution in [0.15, 0.2) is 17.4 Å². The Balaban J connectivity index is 0.000000806. The standard InChI is InChI=1S/C19H20N6OS.C3H8/c1-9(26)6-15-18-24-23-13(5)25(18)19-16(10(2)11(3)27-19)17(22-15)14-7-20-12(4)21-8-14;1-3-2/h7-8,15H,6H2,1-5H3;3H2,1-2H3/t15-;/m0./s1. The second-order valence-electron chi connectivity index (χ2n) is 7.53. The second-order valence-corrected chi connectivity index (χ2v) is 8.73. The zero-order valence-electron chi connectivity index (χ0n) is 18.6. The molecule has 0 spiro atoms. The predicted octanol–water partition coefficient (Wildman–Crippen LogP) is 4.64. The van der Waals surface area contributed by atoms with Crippen LogP contribution in [0.5, 0.6) is 0 Å². The van der Waals surface area contributed by atoms with E-state index in [1.807, 2.05) is 18.4 Å². The zero-order chi connectivity index (χ0) is 22.0. The molecule has 1 atom stereocenters. The average Bonchev–Trinajstić information content (AvgIpc) is 3.16. The smallest absolute Gasteiger partial charge is 0.163 e. The number of hydrogen-bond acceptors (Lipinski definition) is 7. The van der Waals surface area contributed by atoms with Gasteiger partial charge in [0.05, 0.1) is 5.71 Å². The van der Waals surface area contributed by atoms with Crippen LogP contribution < -0.4 is 0 Å². The number of rotatable bonds is 3. The summed E-state index contributed by atoms with van der Waals surface area (Å²) in [4.78, 5) is 26.8. The van der Waals surface area contributed by atoms with E-state index in [0.717, 1.165) is 33.2 Å². The summed E-state index contributed by atoms with van der Waals surface area (Å²) in [5, 5.41) is 9.65. The summed E-state index contributed by atoms with van der Waals surface area (Å²) in [6, 6.07) is -0.390. The van der Waals surface area contributed by atoms with Crippen LogP contribution in [0.2, 0.25) is 0 Å². The number of thiophene rings is 1. The lowest BCUT2D eigenvalue weighted by molar-refractivity contribution is -0.117. The molecule has 0 fully saturated rings. The third-order valence-electron chi connectivity index (χ3n) is 4.77. The number of aromatic nitrogens is 5. The minimum Gasteiger partial charge on any atom is -0.300 e. The van der Waals surface area contributed by atoms with Crippen molar-refractivity contribution in [3.05, 3.63) is 51.4 Å². The maximum Gasteiger partial charge on any atom is 0.163 e. The largest absolute Gasteiger partial charge is 0.300 e. The predicted molar refractivity (Wildman–Crippen MR) is 120 cm³/mol. The van der Waals surface area contributed by atoms with E-state index in [1.54, 1.807) is 30.7 Å². The molecular weight excluding hydrogens is 396 g/mol. The summed E-state index contributed by atoms with van der Waals surface area (Å²) < 4.78 is 2.04. The number of carbonyl (C=O) groups is 1. The van der Waals surface area contributed by atoms with Gasteiger partial charge in [0.2, 0.25) is 0 Å². The molecule has 7 nitrogen and oxygen atoms in total. The molecule has 0 aliphatic carbocycles. The van der Waals surface area contributed by atoms with Crippen LogP contribution in [0, 0.1) is 27.7 Å². The van der Waals surface area contributed by atoms with Crippen molar-refractivity contribution in [3.8, 4) is 5.00 Å². The van der Waals surface area contributed by atoms with Crippen LogP contribution in [-0.4, -0.2) is 36.2 Å². The quantitative estimate of drug-likeness (QED) is 0.611. The fourth-order valence-electron chi connectivity index (χ4n) is 3.31. The molecule has 0 bridgehead atoms. The van der Waals surface area contributed by atoms with Gasteiger partial charge in [-0.3, -0.25) is 14.4 Å². The lowest BCUT2D eigenvalue weighted by Crippen LogP contribution is -2.10. The van der Waals surface area contributed by atoms with Crippen LogP contribution >= 0.6 is 11.3 Å². The lowest BCUT2D eigenvalue weighted by Gasteiger charge is -2.10. The molecule has 1 aliphatic heterocycles. The first-order valence-corrected chi connectivity index (χ1v) is 11.0. The van der Waals surface area contributed by atoms with Gasteiger partial charge in [-0.25, -0.2) is 9.97 Å². The molecular formula is C22H28N6OS. The molecule has 0 amide bonds. The van der Waals surface area contributed by atoms with Crippen LogP contribution in [0.4, 0.5) is 0 Å². The van der Waals surface area contributed by atoms with Crippen LogP contribution in [0.1, 0.15) is 78.7 Å². The van der Waals surface area contributed by atoms with Crippen LogP contribution in [-0.2, 0) is 4.79 Å². The Morgan fingerprint density at radius 2 is 1.73 bits per heavy atom. The summed E-state index contributed by atoms with van der Waals surface area (Å²) in [6.07, 6.45) is 5.12. The Morgan fingerprint density at radius 1 is 1.10 bits per heavy atom. The fraction of sp³-hybridized carbons (Fsp3) is 0.455. The molecule has 0 saturated carbocycles. The van der Waals surface area contributed by atoms with Gasteiger partial charge in [-0.1, -0.05) is 20.3 Å². The first-order valence-electron chi connectivity index (χ1n) is 10.2. The van der Waals surface area contributed by atoms with Crippen molar-refractivity contribution in [2.24, 2.45) is 4.99 Å². The van der Waals surface area contributed by atoms with Crippen molar-refractivity contribution in [2.45, 2.75) is 67.3 Å². The Morgan fingerprint density at radius 3 is 2.33 bits per heavy atom. The average molecular weight is 425 g/mol. The summed E-state index contributed by atoms with van der Waals surface area (Å²) in [5.41, 5.74) is 3.85. The molecule has 8 heteroatoms. The van der Waals surface area contributed by atoms with E-state index in [4.69, 9.17) is 4.99 Å². The Bertz CT molecular complexity index is 1090. The van der Waals surface area contributed by atoms with Gasteiger partial charge in [-0.15, -0.1) is 21.5 Å². The molecule has 0 saturated heterocycles. The summed E-state index contributed by atoms with van der Waals surface area (Å²) in [5.74, 6) is 2.26. The minimum atomic E-state index is -0.390. The SMILES string of the molecule is CC(=O)C[C@@H]1N=C(c2cnc(C)nc2)c2c(sc(C)c2C)-n2c(C)nnc21.CCC. The lowest BCUT2D eigenvalue weighted by atomic mass is 10.0. The third kappa shape index (κ3) is 4.09. The van der Waals surface area contributed by atoms with Gasteiger partial charge in [0.25, 0.3) is 0 Å². The highest BCUT2D eigenvalue weighted by atomic mass is 32.1. The van der Waals surface area contributed by atoms with Crippen molar-refractivity contribution in [3.63, 3.8) is 0 Å². The molecule has 158 valence electrons. The van der Waals surface area contributed by atoms with Crippen molar-refractivity contribution >= 4 is 22.8 Å². The molecule has 1 aliphatic rings. The molecule has 3 aromatic heterocycles. The maximum absolute atomic E-state index is 11.9. The van der Waals surface area contributed by atoms with Crippen LogP contribution in [0.3, 0.4) is 0 Å². The van der Waals surface area contributed by atoms with Crippen molar-refractivity contribution < 1.29 is 4.79 Å². The first kappa shape index (κ1) is 22.0. The van der Waals surface area contributed by atoms with E-state index in [0.29, 0.717) is 11.6 Å². The Kier molecular flexibility index (Phi) is 6.55. The summed E-state index contributed by atoms with van der Waals surface area (Å²) in [6.45, 7) is 13.8. The van der Waals surface area contributed by atoms with Gasteiger partial charge in [0.15, 0.2) is 5.82 Å². The highest BCUT2D eigenvalue weighted by Gasteiger charge is 2.31. The molecule has 0 radical (unpaired) electrons. The second kappa shape index (κ2) is 8.95. The number of hydrogen-bond donors (Lipinski definition) is 0. The Labute approximate surface area is 181 Å². The zero-order valence-corrected chi connectivity index (χ0v) is 19.5. The van der Waals surface area contributed by atoms with Gasteiger partial charge in [-0.05, 0) is 40.2 Å². The van der Waals surface area contributed by atoms with Crippen molar-refractivity contribution in [1.29, 1.82) is 0 Å². The van der Waals surface area contributed by atoms with Gasteiger partial charge >= 0.3 is 0 Å². The highest BCUT2D eigenvalue weighted by molar-refractivity contribution is 7.15. The van der Waals surface area contributed by atoms with E-state index < -0.39 is 0 Å². The molecule has 4 heterocycles. The number of aliphatic imine (C=N–C) groups is 1. The number of fused-ring (bicyclic) bond motifs is 3. The van der Waals surface area contributed by atoms with Gasteiger partial charge in [0, 0.05) is 34.8 Å². The Hall–Kier alpha value is -2.74. The van der Waals surface area contributed by atoms with E-state index in [1.165, 1.54) is 11.3 Å². The maximum atomic E-state index is 11.9. The van der Waals surface area contributed by atoms with Gasteiger partial charge in [-0.2, -0.15) is 0 Å². The molecule has 0 unspecified atom stereocenters. The van der Waals surface area contributed by atoms with Crippen LogP contribution in [0.25, 0.3) is 5.00 Å². The molecule has 3 aromatic rings. The number of aryl methyl sites for hydroxylation is 3. The van der Waals surface area contributed by atoms with E-state index in [2.05, 4.69) is 47.9 Å². The van der Waals surface area contributed by atoms with Gasteiger partial charge < -0.3 is 0 Å². The monoisotopic (exact) mass is 424 g/mol. The summed E-state index contributed by atoms with van der Waals surface area (Å²) in [7, 11) is 0. The first-order chi connectivity index (χ1) is 14.3. The van der Waals surface area contributed by atoms with E-state index in [-0.39, 0.29) is 18.2 Å². The number of ketones is 1. The number of carbonyl (C=O) groups excluding carboxylic acids is 1. The van der Waals surface area contributed by atoms with Crippen molar-refractivity contribution in [1.82, 2.24) is 24.7 Å². The number of Topliss-reactive ketones (excluding diaryl/α,β-unsaturated/α-hetero) is 1. The topological polar surface area (TPSA) is 85.9 Å². The van der Waals surface area contributed by atoms with E-state index in [9.17, 15) is 4.79 Å². The van der Waals surface area contributed by atoms with Gasteiger partial charge in [0.1, 0.15) is 28.5 Å². The van der Waals surface area contributed by atoms with E-state index >= 15 is 0 Å². The summed E-state index contributed by atoms with van der Waals surface area (Å²) >= 11 is 1.69. The molecule has 0 N–H and O–H groups in total.